The zero-order chi connectivity index (χ0) is 34.9. The number of benzene rings is 9. The fourth-order valence-electron chi connectivity index (χ4n) is 8.27. The fraction of sp³-hybridized carbons (Fsp3) is 0. The van der Waals surface area contributed by atoms with Gasteiger partial charge in [-0.15, -0.1) is 0 Å². The quantitative estimate of drug-likeness (QED) is 0.170. The van der Waals surface area contributed by atoms with Crippen molar-refractivity contribution in [2.45, 2.75) is 0 Å². The van der Waals surface area contributed by atoms with E-state index in [1.807, 2.05) is 24.3 Å². The van der Waals surface area contributed by atoms with Gasteiger partial charge in [0.1, 0.15) is 22.3 Å². The third-order valence-corrected chi connectivity index (χ3v) is 10.6. The van der Waals surface area contributed by atoms with Crippen molar-refractivity contribution in [3.05, 3.63) is 188 Å². The number of hydrogen-bond donors (Lipinski definition) is 0. The van der Waals surface area contributed by atoms with E-state index in [0.29, 0.717) is 0 Å². The molecular weight excluding hydrogens is 647 g/mol. The molecule has 9 aromatic carbocycles. The van der Waals surface area contributed by atoms with E-state index in [1.165, 1.54) is 21.5 Å². The van der Waals surface area contributed by atoms with Crippen molar-refractivity contribution < 1.29 is 8.83 Å². The molecular formula is C50H31NO2. The van der Waals surface area contributed by atoms with Crippen molar-refractivity contribution in [3.8, 4) is 22.3 Å². The molecule has 53 heavy (non-hydrogen) atoms. The molecule has 2 aromatic heterocycles. The predicted molar refractivity (Wildman–Crippen MR) is 222 cm³/mol. The summed E-state index contributed by atoms with van der Waals surface area (Å²) in [5.74, 6) is 0. The smallest absolute Gasteiger partial charge is 0.143 e. The van der Waals surface area contributed by atoms with Crippen molar-refractivity contribution in [1.82, 2.24) is 0 Å². The van der Waals surface area contributed by atoms with Crippen LogP contribution >= 0.6 is 0 Å². The number of rotatable bonds is 5. The lowest BCUT2D eigenvalue weighted by Gasteiger charge is -2.30. The van der Waals surface area contributed by atoms with Crippen LogP contribution in [0.1, 0.15) is 0 Å². The molecule has 0 aliphatic heterocycles. The second kappa shape index (κ2) is 11.7. The normalized spacial score (nSPS) is 11.8. The first-order valence-electron chi connectivity index (χ1n) is 18.0. The van der Waals surface area contributed by atoms with E-state index >= 15 is 0 Å². The van der Waals surface area contributed by atoms with Crippen molar-refractivity contribution in [3.63, 3.8) is 0 Å². The van der Waals surface area contributed by atoms with Crippen LogP contribution in [0.25, 0.3) is 87.7 Å². The number of para-hydroxylation sites is 5. The molecule has 11 rings (SSSR count). The number of hydrogen-bond acceptors (Lipinski definition) is 3. The lowest BCUT2D eigenvalue weighted by atomic mass is 9.96. The van der Waals surface area contributed by atoms with Gasteiger partial charge in [0.2, 0.25) is 0 Å². The molecule has 3 heteroatoms. The van der Waals surface area contributed by atoms with E-state index in [9.17, 15) is 0 Å². The average Bonchev–Trinajstić information content (AvgIpc) is 3.80. The zero-order valence-electron chi connectivity index (χ0n) is 28.7. The molecule has 2 heterocycles. The van der Waals surface area contributed by atoms with Crippen LogP contribution in [-0.2, 0) is 0 Å². The topological polar surface area (TPSA) is 29.5 Å². The molecule has 0 bridgehead atoms. The summed E-state index contributed by atoms with van der Waals surface area (Å²) in [6, 6.07) is 66.8. The third-order valence-electron chi connectivity index (χ3n) is 10.6. The Bertz CT molecular complexity index is 3200. The number of anilines is 3. The third kappa shape index (κ3) is 4.61. The monoisotopic (exact) mass is 677 g/mol. The second-order valence-electron chi connectivity index (χ2n) is 13.6. The Kier molecular flexibility index (Phi) is 6.55. The largest absolute Gasteiger partial charge is 0.455 e. The lowest BCUT2D eigenvalue weighted by Crippen LogP contribution is -2.12. The first-order chi connectivity index (χ1) is 26.3. The van der Waals surface area contributed by atoms with E-state index in [4.69, 9.17) is 8.83 Å². The number of fused-ring (bicyclic) bond motifs is 9. The molecule has 11 aromatic rings. The summed E-state index contributed by atoms with van der Waals surface area (Å²) in [7, 11) is 0. The highest BCUT2D eigenvalue weighted by Crippen LogP contribution is 2.48. The minimum absolute atomic E-state index is 0.884. The summed E-state index contributed by atoms with van der Waals surface area (Å²) < 4.78 is 13.2. The molecule has 0 unspecified atom stereocenters. The summed E-state index contributed by atoms with van der Waals surface area (Å²) in [5, 5.41) is 9.27. The van der Waals surface area contributed by atoms with Crippen molar-refractivity contribution in [1.29, 1.82) is 0 Å². The summed E-state index contributed by atoms with van der Waals surface area (Å²) in [6.07, 6.45) is 0. The van der Waals surface area contributed by atoms with Gasteiger partial charge in [-0.05, 0) is 58.1 Å². The fourth-order valence-corrected chi connectivity index (χ4v) is 8.27. The van der Waals surface area contributed by atoms with Crippen LogP contribution in [0.3, 0.4) is 0 Å². The van der Waals surface area contributed by atoms with Crippen LogP contribution in [0.4, 0.5) is 17.1 Å². The summed E-state index contributed by atoms with van der Waals surface area (Å²) in [4.78, 5) is 2.42. The first kappa shape index (κ1) is 29.6. The molecule has 0 N–H and O–H groups in total. The molecule has 0 amide bonds. The van der Waals surface area contributed by atoms with Crippen LogP contribution < -0.4 is 4.90 Å². The van der Waals surface area contributed by atoms with E-state index in [-0.39, 0.29) is 0 Å². The van der Waals surface area contributed by atoms with Gasteiger partial charge in [-0.2, -0.15) is 0 Å². The van der Waals surface area contributed by atoms with Gasteiger partial charge in [0.05, 0.1) is 11.4 Å². The summed E-state index contributed by atoms with van der Waals surface area (Å²) in [5.41, 5.74) is 11.0. The highest BCUT2D eigenvalue weighted by molar-refractivity contribution is 6.16. The van der Waals surface area contributed by atoms with Crippen molar-refractivity contribution in [2.75, 3.05) is 4.90 Å². The van der Waals surface area contributed by atoms with Crippen LogP contribution in [0.2, 0.25) is 0 Å². The second-order valence-corrected chi connectivity index (χ2v) is 13.6. The molecule has 248 valence electrons. The molecule has 0 radical (unpaired) electrons. The van der Waals surface area contributed by atoms with Crippen LogP contribution in [-0.4, -0.2) is 0 Å². The number of furan rings is 2. The Morgan fingerprint density at radius 2 is 0.849 bits per heavy atom. The van der Waals surface area contributed by atoms with Crippen LogP contribution in [0, 0.1) is 0 Å². The Balaban J connectivity index is 1.20. The maximum absolute atomic E-state index is 6.63. The van der Waals surface area contributed by atoms with Gasteiger partial charge in [-0.25, -0.2) is 0 Å². The highest BCUT2D eigenvalue weighted by atomic mass is 16.3. The Labute approximate surface area is 305 Å². The molecule has 0 aliphatic rings. The molecule has 0 saturated heterocycles. The molecule has 3 nitrogen and oxygen atoms in total. The minimum Gasteiger partial charge on any atom is -0.455 e. The highest BCUT2D eigenvalue weighted by Gasteiger charge is 2.23. The maximum Gasteiger partial charge on any atom is 0.143 e. The maximum atomic E-state index is 6.63. The van der Waals surface area contributed by atoms with Gasteiger partial charge in [0, 0.05) is 49.3 Å². The Morgan fingerprint density at radius 1 is 0.321 bits per heavy atom. The molecule has 0 aliphatic carbocycles. The summed E-state index contributed by atoms with van der Waals surface area (Å²) in [6.45, 7) is 0. The van der Waals surface area contributed by atoms with Crippen molar-refractivity contribution in [2.24, 2.45) is 0 Å². The van der Waals surface area contributed by atoms with E-state index in [2.05, 4.69) is 169 Å². The predicted octanol–water partition coefficient (Wildman–Crippen LogP) is 14.6. The standard InChI is InChI=1S/C50H31NO2/c1-2-17-35-33(14-1)31-46(38-19-4-3-18-37(35)38)51(34-16-11-15-32(30-34)36-23-12-25-43-40-21-6-9-28-47(40)52-49(36)43)45-27-8-5-20-39(45)42-24-13-26-44-41-22-7-10-29-48(41)53-50(42)44/h1-31H. The Morgan fingerprint density at radius 3 is 1.60 bits per heavy atom. The van der Waals surface area contributed by atoms with Gasteiger partial charge >= 0.3 is 0 Å². The van der Waals surface area contributed by atoms with Crippen LogP contribution in [0.5, 0.6) is 0 Å². The van der Waals surface area contributed by atoms with E-state index < -0.39 is 0 Å². The van der Waals surface area contributed by atoms with Gasteiger partial charge in [0.15, 0.2) is 0 Å². The first-order valence-corrected chi connectivity index (χ1v) is 18.0. The molecule has 0 saturated carbocycles. The van der Waals surface area contributed by atoms with Gasteiger partial charge < -0.3 is 13.7 Å². The van der Waals surface area contributed by atoms with Gasteiger partial charge in [-0.1, -0.05) is 152 Å². The van der Waals surface area contributed by atoms with Crippen molar-refractivity contribution >= 4 is 82.5 Å². The minimum atomic E-state index is 0.884. The lowest BCUT2D eigenvalue weighted by molar-refractivity contribution is 0.669. The van der Waals surface area contributed by atoms with E-state index in [1.54, 1.807) is 0 Å². The van der Waals surface area contributed by atoms with Crippen LogP contribution in [0.15, 0.2) is 197 Å². The Hall–Kier alpha value is -7.10. The summed E-state index contributed by atoms with van der Waals surface area (Å²) >= 11 is 0. The molecule has 0 fully saturated rings. The average molecular weight is 678 g/mol. The van der Waals surface area contributed by atoms with E-state index in [0.717, 1.165) is 83.2 Å². The SMILES string of the molecule is c1cc(-c2cccc3c2oc2ccccc23)cc(N(c2ccccc2-c2cccc3c2oc2ccccc23)c2cc3ccccc3c3ccccc23)c1. The molecule has 0 spiro atoms. The van der Waals surface area contributed by atoms with Gasteiger partial charge in [-0.3, -0.25) is 0 Å². The van der Waals surface area contributed by atoms with Gasteiger partial charge in [0.25, 0.3) is 0 Å². The zero-order valence-corrected chi connectivity index (χ0v) is 28.7. The number of nitrogens with zero attached hydrogens (tertiary/aromatic N) is 1. The molecule has 0 atom stereocenters.